The summed E-state index contributed by atoms with van der Waals surface area (Å²) < 4.78 is 10.8. The summed E-state index contributed by atoms with van der Waals surface area (Å²) in [5.41, 5.74) is 1.86. The number of hydrogen-bond acceptors (Lipinski definition) is 3. The van der Waals surface area contributed by atoms with Gasteiger partial charge < -0.3 is 14.8 Å². The highest BCUT2D eigenvalue weighted by Gasteiger charge is 2.42. The Kier molecular flexibility index (Phi) is 3.32. The molecule has 1 amide bonds. The van der Waals surface area contributed by atoms with Crippen LogP contribution in [0.15, 0.2) is 12.1 Å². The van der Waals surface area contributed by atoms with Gasteiger partial charge in [-0.2, -0.15) is 0 Å². The SMILES string of the molecule is COc1cc(OC)c2c(c1)C1(CCCCC1)CNC2=O. The lowest BCUT2D eigenvalue weighted by atomic mass is 9.66. The quantitative estimate of drug-likeness (QED) is 0.902. The molecule has 108 valence electrons. The molecule has 1 N–H and O–H groups in total. The van der Waals surface area contributed by atoms with Gasteiger partial charge >= 0.3 is 0 Å². The molecule has 1 aliphatic carbocycles. The van der Waals surface area contributed by atoms with Crippen LogP contribution in [0.2, 0.25) is 0 Å². The molecular formula is C16H21NO3. The molecule has 1 aromatic carbocycles. The molecule has 1 saturated carbocycles. The number of hydrogen-bond donors (Lipinski definition) is 1. The zero-order valence-electron chi connectivity index (χ0n) is 12.1. The lowest BCUT2D eigenvalue weighted by Crippen LogP contribution is -2.48. The monoisotopic (exact) mass is 275 g/mol. The van der Waals surface area contributed by atoms with Crippen LogP contribution in [0.3, 0.4) is 0 Å². The summed E-state index contributed by atoms with van der Waals surface area (Å²) in [6.07, 6.45) is 5.96. The smallest absolute Gasteiger partial charge is 0.255 e. The average Bonchev–Trinajstić information content (AvgIpc) is 2.51. The van der Waals surface area contributed by atoms with Crippen LogP contribution in [0, 0.1) is 0 Å². The van der Waals surface area contributed by atoms with Crippen molar-refractivity contribution < 1.29 is 14.3 Å². The predicted molar refractivity (Wildman–Crippen MR) is 76.6 cm³/mol. The Morgan fingerprint density at radius 1 is 1.10 bits per heavy atom. The van der Waals surface area contributed by atoms with Gasteiger partial charge in [0.25, 0.3) is 5.91 Å². The number of benzene rings is 1. The number of ether oxygens (including phenoxy) is 2. The van der Waals surface area contributed by atoms with Crippen LogP contribution >= 0.6 is 0 Å². The molecule has 20 heavy (non-hydrogen) atoms. The molecule has 0 saturated heterocycles. The van der Waals surface area contributed by atoms with Gasteiger partial charge in [-0.05, 0) is 24.5 Å². The van der Waals surface area contributed by atoms with Gasteiger partial charge in [0, 0.05) is 18.0 Å². The van der Waals surface area contributed by atoms with E-state index in [0.29, 0.717) is 11.3 Å². The van der Waals surface area contributed by atoms with Gasteiger partial charge in [-0.25, -0.2) is 0 Å². The maximum Gasteiger partial charge on any atom is 0.255 e. The Balaban J connectivity index is 2.18. The molecule has 1 heterocycles. The predicted octanol–water partition coefficient (Wildman–Crippen LogP) is 2.65. The van der Waals surface area contributed by atoms with Gasteiger partial charge in [0.2, 0.25) is 0 Å². The van der Waals surface area contributed by atoms with Crippen molar-refractivity contribution >= 4 is 5.91 Å². The molecular weight excluding hydrogens is 254 g/mol. The number of rotatable bonds is 2. The molecule has 1 aliphatic heterocycles. The zero-order chi connectivity index (χ0) is 14.2. The van der Waals surface area contributed by atoms with Gasteiger partial charge in [0.1, 0.15) is 11.5 Å². The van der Waals surface area contributed by atoms with E-state index in [0.717, 1.165) is 30.7 Å². The lowest BCUT2D eigenvalue weighted by Gasteiger charge is -2.42. The summed E-state index contributed by atoms with van der Waals surface area (Å²) in [5, 5.41) is 3.05. The van der Waals surface area contributed by atoms with E-state index in [9.17, 15) is 4.79 Å². The standard InChI is InChI=1S/C16H21NO3/c1-19-11-8-12-14(13(9-11)20-2)15(18)17-10-16(12)6-4-3-5-7-16/h8-9H,3-7,10H2,1-2H3,(H,17,18). The Morgan fingerprint density at radius 2 is 1.85 bits per heavy atom. The highest BCUT2D eigenvalue weighted by Crippen LogP contribution is 2.46. The maximum atomic E-state index is 12.3. The average molecular weight is 275 g/mol. The van der Waals surface area contributed by atoms with E-state index < -0.39 is 0 Å². The fourth-order valence-corrected chi connectivity index (χ4v) is 3.63. The number of fused-ring (bicyclic) bond motifs is 2. The van der Waals surface area contributed by atoms with E-state index in [4.69, 9.17) is 9.47 Å². The highest BCUT2D eigenvalue weighted by molar-refractivity contribution is 6.00. The van der Waals surface area contributed by atoms with Crippen LogP contribution in [0.1, 0.15) is 48.0 Å². The molecule has 1 spiro atoms. The summed E-state index contributed by atoms with van der Waals surface area (Å²) >= 11 is 0. The topological polar surface area (TPSA) is 47.6 Å². The molecule has 0 unspecified atom stereocenters. The second-order valence-electron chi connectivity index (χ2n) is 5.78. The lowest BCUT2D eigenvalue weighted by molar-refractivity contribution is 0.0908. The van der Waals surface area contributed by atoms with Crippen molar-refractivity contribution in [1.82, 2.24) is 5.32 Å². The second-order valence-corrected chi connectivity index (χ2v) is 5.78. The number of carbonyl (C=O) groups is 1. The molecule has 0 aromatic heterocycles. The fourth-order valence-electron chi connectivity index (χ4n) is 3.63. The van der Waals surface area contributed by atoms with Gasteiger partial charge in [-0.3, -0.25) is 4.79 Å². The van der Waals surface area contributed by atoms with Crippen molar-refractivity contribution in [2.75, 3.05) is 20.8 Å². The molecule has 2 aliphatic rings. The van der Waals surface area contributed by atoms with E-state index in [1.807, 2.05) is 6.07 Å². The zero-order valence-corrected chi connectivity index (χ0v) is 12.1. The third-order valence-corrected chi connectivity index (χ3v) is 4.73. The van der Waals surface area contributed by atoms with Crippen LogP contribution in [0.5, 0.6) is 11.5 Å². The van der Waals surface area contributed by atoms with Crippen LogP contribution < -0.4 is 14.8 Å². The van der Waals surface area contributed by atoms with Crippen molar-refractivity contribution in [3.05, 3.63) is 23.3 Å². The minimum atomic E-state index is -0.0318. The summed E-state index contributed by atoms with van der Waals surface area (Å²) in [5.74, 6) is 1.34. The Hall–Kier alpha value is -1.71. The van der Waals surface area contributed by atoms with Gasteiger partial charge in [-0.15, -0.1) is 0 Å². The van der Waals surface area contributed by atoms with Crippen molar-refractivity contribution in [3.8, 4) is 11.5 Å². The van der Waals surface area contributed by atoms with E-state index in [1.54, 1.807) is 20.3 Å². The van der Waals surface area contributed by atoms with Crippen LogP contribution in [0.25, 0.3) is 0 Å². The normalized spacial score (nSPS) is 20.2. The van der Waals surface area contributed by atoms with E-state index in [1.165, 1.54) is 19.3 Å². The largest absolute Gasteiger partial charge is 0.497 e. The second kappa shape index (κ2) is 5.00. The van der Waals surface area contributed by atoms with Crippen molar-refractivity contribution in [1.29, 1.82) is 0 Å². The number of methoxy groups -OCH3 is 2. The highest BCUT2D eigenvalue weighted by atomic mass is 16.5. The van der Waals surface area contributed by atoms with Crippen molar-refractivity contribution in [3.63, 3.8) is 0 Å². The first-order valence-corrected chi connectivity index (χ1v) is 7.25. The molecule has 1 fully saturated rings. The van der Waals surface area contributed by atoms with Gasteiger partial charge in [0.15, 0.2) is 0 Å². The molecule has 3 rings (SSSR count). The minimum absolute atomic E-state index is 0.0318. The number of nitrogens with one attached hydrogen (secondary N) is 1. The van der Waals surface area contributed by atoms with Gasteiger partial charge in [0.05, 0.1) is 19.8 Å². The first kappa shape index (κ1) is 13.3. The fraction of sp³-hybridized carbons (Fsp3) is 0.562. The number of carbonyl (C=O) groups excluding carboxylic acids is 1. The first-order chi connectivity index (χ1) is 9.70. The van der Waals surface area contributed by atoms with Crippen LogP contribution in [-0.2, 0) is 5.41 Å². The summed E-state index contributed by atoms with van der Waals surface area (Å²) in [6, 6.07) is 3.82. The summed E-state index contributed by atoms with van der Waals surface area (Å²) in [7, 11) is 3.25. The van der Waals surface area contributed by atoms with Crippen LogP contribution in [-0.4, -0.2) is 26.7 Å². The molecule has 4 heteroatoms. The third-order valence-electron chi connectivity index (χ3n) is 4.73. The van der Waals surface area contributed by atoms with E-state index >= 15 is 0 Å². The molecule has 0 atom stereocenters. The summed E-state index contributed by atoms with van der Waals surface area (Å²) in [6.45, 7) is 0.731. The molecule has 0 bridgehead atoms. The minimum Gasteiger partial charge on any atom is -0.497 e. The Bertz CT molecular complexity index is 533. The van der Waals surface area contributed by atoms with E-state index in [2.05, 4.69) is 5.32 Å². The molecule has 1 aromatic rings. The van der Waals surface area contributed by atoms with E-state index in [-0.39, 0.29) is 11.3 Å². The number of amides is 1. The van der Waals surface area contributed by atoms with Crippen molar-refractivity contribution in [2.24, 2.45) is 0 Å². The first-order valence-electron chi connectivity index (χ1n) is 7.25. The Labute approximate surface area is 119 Å². The maximum absolute atomic E-state index is 12.3. The van der Waals surface area contributed by atoms with Crippen molar-refractivity contribution in [2.45, 2.75) is 37.5 Å². The van der Waals surface area contributed by atoms with Gasteiger partial charge in [-0.1, -0.05) is 19.3 Å². The summed E-state index contributed by atoms with van der Waals surface area (Å²) in [4.78, 5) is 12.3. The Morgan fingerprint density at radius 3 is 2.50 bits per heavy atom. The third kappa shape index (κ3) is 1.94. The van der Waals surface area contributed by atoms with Crippen LogP contribution in [0.4, 0.5) is 0 Å². The molecule has 0 radical (unpaired) electrons. The molecule has 4 nitrogen and oxygen atoms in total.